The normalized spacial score (nSPS) is 30.5. The molecule has 2 aliphatic rings. The molecule has 0 aromatic rings. The zero-order valence-electron chi connectivity index (χ0n) is 12.8. The van der Waals surface area contributed by atoms with Crippen molar-refractivity contribution < 1.29 is 14.6 Å². The SMILES string of the molecule is CC1(C)CC(NCC(C)(C)C2(O)CCOCC2)CO1. The van der Waals surface area contributed by atoms with Crippen LogP contribution in [0.2, 0.25) is 0 Å². The molecule has 2 heterocycles. The van der Waals surface area contributed by atoms with Crippen LogP contribution in [0.1, 0.15) is 47.0 Å². The van der Waals surface area contributed by atoms with Crippen LogP contribution in [0.25, 0.3) is 0 Å². The van der Waals surface area contributed by atoms with E-state index in [2.05, 4.69) is 33.0 Å². The maximum atomic E-state index is 10.8. The molecule has 0 aromatic carbocycles. The standard InChI is InChI=1S/C15H29NO3/c1-13(2,15(17)5-7-18-8-6-15)11-16-12-9-14(3,4)19-10-12/h12,16-17H,5-11H2,1-4H3. The van der Waals surface area contributed by atoms with Gasteiger partial charge in [-0.05, 0) is 20.3 Å². The quantitative estimate of drug-likeness (QED) is 0.817. The molecule has 2 N–H and O–H groups in total. The predicted molar refractivity (Wildman–Crippen MR) is 75.2 cm³/mol. The summed E-state index contributed by atoms with van der Waals surface area (Å²) in [5.74, 6) is 0. The van der Waals surface area contributed by atoms with Crippen LogP contribution in [0.3, 0.4) is 0 Å². The lowest BCUT2D eigenvalue weighted by atomic mass is 9.70. The number of ether oxygens (including phenoxy) is 2. The van der Waals surface area contributed by atoms with Crippen molar-refractivity contribution in [2.75, 3.05) is 26.4 Å². The number of aliphatic hydroxyl groups is 1. The summed E-state index contributed by atoms with van der Waals surface area (Å²) in [6, 6.07) is 0.401. The van der Waals surface area contributed by atoms with Crippen LogP contribution in [0, 0.1) is 5.41 Å². The van der Waals surface area contributed by atoms with Crippen molar-refractivity contribution >= 4 is 0 Å². The first kappa shape index (κ1) is 15.2. The minimum atomic E-state index is -0.618. The fraction of sp³-hybridized carbons (Fsp3) is 1.00. The van der Waals surface area contributed by atoms with E-state index in [1.165, 1.54) is 0 Å². The molecular formula is C15H29NO3. The van der Waals surface area contributed by atoms with Gasteiger partial charge in [0, 0.05) is 44.1 Å². The maximum Gasteiger partial charge on any atom is 0.0754 e. The minimum Gasteiger partial charge on any atom is -0.389 e. The van der Waals surface area contributed by atoms with Gasteiger partial charge in [0.05, 0.1) is 17.8 Å². The molecule has 0 amide bonds. The van der Waals surface area contributed by atoms with Gasteiger partial charge in [0.2, 0.25) is 0 Å². The Morgan fingerprint density at radius 3 is 2.42 bits per heavy atom. The van der Waals surface area contributed by atoms with E-state index >= 15 is 0 Å². The Kier molecular flexibility index (Phi) is 4.26. The van der Waals surface area contributed by atoms with Gasteiger partial charge < -0.3 is 19.9 Å². The van der Waals surface area contributed by atoms with Crippen molar-refractivity contribution in [1.29, 1.82) is 0 Å². The second-order valence-electron chi connectivity index (χ2n) is 7.38. The molecule has 112 valence electrons. The van der Waals surface area contributed by atoms with Crippen LogP contribution in [-0.4, -0.2) is 48.7 Å². The lowest BCUT2D eigenvalue weighted by molar-refractivity contribution is -0.131. The molecule has 2 rings (SSSR count). The molecule has 2 saturated heterocycles. The second-order valence-corrected chi connectivity index (χ2v) is 7.38. The summed E-state index contributed by atoms with van der Waals surface area (Å²) in [5, 5.41) is 14.4. The van der Waals surface area contributed by atoms with Gasteiger partial charge in [0.25, 0.3) is 0 Å². The van der Waals surface area contributed by atoms with Crippen molar-refractivity contribution in [3.05, 3.63) is 0 Å². The Bertz CT molecular complexity index is 309. The van der Waals surface area contributed by atoms with Crippen LogP contribution in [-0.2, 0) is 9.47 Å². The minimum absolute atomic E-state index is 0.0165. The largest absolute Gasteiger partial charge is 0.389 e. The maximum absolute atomic E-state index is 10.8. The van der Waals surface area contributed by atoms with E-state index in [4.69, 9.17) is 9.47 Å². The van der Waals surface area contributed by atoms with Crippen LogP contribution in [0.5, 0.6) is 0 Å². The first-order valence-electron chi connectivity index (χ1n) is 7.42. The highest BCUT2D eigenvalue weighted by atomic mass is 16.5. The highest BCUT2D eigenvalue weighted by molar-refractivity contribution is 4.97. The van der Waals surface area contributed by atoms with Crippen molar-refractivity contribution in [3.63, 3.8) is 0 Å². The molecule has 0 bridgehead atoms. The molecule has 0 radical (unpaired) electrons. The van der Waals surface area contributed by atoms with Crippen LogP contribution in [0.4, 0.5) is 0 Å². The van der Waals surface area contributed by atoms with Crippen molar-refractivity contribution in [2.45, 2.75) is 64.2 Å². The molecule has 0 spiro atoms. The summed E-state index contributed by atoms with van der Waals surface area (Å²) in [6.07, 6.45) is 2.49. The Hall–Kier alpha value is -0.160. The molecule has 19 heavy (non-hydrogen) atoms. The van der Waals surface area contributed by atoms with Crippen LogP contribution >= 0.6 is 0 Å². The molecule has 2 fully saturated rings. The molecule has 2 aliphatic heterocycles. The fourth-order valence-corrected chi connectivity index (χ4v) is 3.12. The average molecular weight is 271 g/mol. The highest BCUT2D eigenvalue weighted by Crippen LogP contribution is 2.38. The smallest absolute Gasteiger partial charge is 0.0754 e. The van der Waals surface area contributed by atoms with Crippen molar-refractivity contribution in [3.8, 4) is 0 Å². The topological polar surface area (TPSA) is 50.7 Å². The summed E-state index contributed by atoms with van der Waals surface area (Å²) in [5.41, 5.74) is -0.784. The third kappa shape index (κ3) is 3.48. The van der Waals surface area contributed by atoms with E-state index in [1.54, 1.807) is 0 Å². The molecule has 4 heteroatoms. The number of hydrogen-bond donors (Lipinski definition) is 2. The summed E-state index contributed by atoms with van der Waals surface area (Å²) >= 11 is 0. The second kappa shape index (κ2) is 5.32. The molecule has 1 atom stereocenters. The summed E-state index contributed by atoms with van der Waals surface area (Å²) in [4.78, 5) is 0. The van der Waals surface area contributed by atoms with Crippen LogP contribution in [0.15, 0.2) is 0 Å². The van der Waals surface area contributed by atoms with E-state index in [0.29, 0.717) is 19.3 Å². The van der Waals surface area contributed by atoms with E-state index < -0.39 is 5.60 Å². The zero-order valence-corrected chi connectivity index (χ0v) is 12.8. The molecule has 0 aromatic heterocycles. The zero-order chi connectivity index (χ0) is 14.1. The van der Waals surface area contributed by atoms with Gasteiger partial charge in [-0.25, -0.2) is 0 Å². The van der Waals surface area contributed by atoms with Crippen LogP contribution < -0.4 is 5.32 Å². The van der Waals surface area contributed by atoms with Gasteiger partial charge in [-0.3, -0.25) is 0 Å². The number of nitrogens with one attached hydrogen (secondary N) is 1. The fourth-order valence-electron chi connectivity index (χ4n) is 3.12. The van der Waals surface area contributed by atoms with Gasteiger partial charge >= 0.3 is 0 Å². The molecule has 0 aliphatic carbocycles. The van der Waals surface area contributed by atoms with Gasteiger partial charge in [0.1, 0.15) is 0 Å². The Morgan fingerprint density at radius 1 is 1.26 bits per heavy atom. The third-order valence-electron chi connectivity index (χ3n) is 4.83. The molecule has 0 saturated carbocycles. The van der Waals surface area contributed by atoms with Gasteiger partial charge in [-0.2, -0.15) is 0 Å². The first-order chi connectivity index (χ1) is 8.74. The average Bonchev–Trinajstić information content (AvgIpc) is 2.67. The van der Waals surface area contributed by atoms with Gasteiger partial charge in [0.15, 0.2) is 0 Å². The van der Waals surface area contributed by atoms with Gasteiger partial charge in [-0.15, -0.1) is 0 Å². The Balaban J connectivity index is 1.87. The molecular weight excluding hydrogens is 242 g/mol. The lowest BCUT2D eigenvalue weighted by Gasteiger charge is -2.45. The third-order valence-corrected chi connectivity index (χ3v) is 4.83. The highest BCUT2D eigenvalue weighted by Gasteiger charge is 2.44. The van der Waals surface area contributed by atoms with E-state index in [-0.39, 0.29) is 11.0 Å². The predicted octanol–water partition coefficient (Wildman–Crippen LogP) is 1.71. The summed E-state index contributed by atoms with van der Waals surface area (Å²) in [6.45, 7) is 11.5. The molecule has 1 unspecified atom stereocenters. The van der Waals surface area contributed by atoms with E-state index in [0.717, 1.165) is 32.4 Å². The Morgan fingerprint density at radius 2 is 1.89 bits per heavy atom. The Labute approximate surface area is 116 Å². The van der Waals surface area contributed by atoms with Crippen molar-refractivity contribution in [2.24, 2.45) is 5.41 Å². The lowest BCUT2D eigenvalue weighted by Crippen LogP contribution is -2.54. The molecule has 4 nitrogen and oxygen atoms in total. The number of rotatable bonds is 4. The van der Waals surface area contributed by atoms with Gasteiger partial charge in [-0.1, -0.05) is 13.8 Å². The van der Waals surface area contributed by atoms with Crippen molar-refractivity contribution in [1.82, 2.24) is 5.32 Å². The first-order valence-corrected chi connectivity index (χ1v) is 7.42. The number of hydrogen-bond acceptors (Lipinski definition) is 4. The summed E-state index contributed by atoms with van der Waals surface area (Å²) < 4.78 is 11.1. The van der Waals surface area contributed by atoms with E-state index in [9.17, 15) is 5.11 Å². The van der Waals surface area contributed by atoms with E-state index in [1.807, 2.05) is 0 Å². The summed E-state index contributed by atoms with van der Waals surface area (Å²) in [7, 11) is 0. The monoisotopic (exact) mass is 271 g/mol.